The molecule has 0 saturated carbocycles. The number of hydrogen-bond acceptors (Lipinski definition) is 3. The number of hydrogen-bond donors (Lipinski definition) is 3. The van der Waals surface area contributed by atoms with E-state index >= 15 is 0 Å². The molecule has 5 N–H and O–H groups in total. The Hall–Kier alpha value is -0.900. The second kappa shape index (κ2) is 4.26. The van der Waals surface area contributed by atoms with Crippen molar-refractivity contribution in [2.45, 2.75) is 0 Å². The minimum absolute atomic E-state index is 0. The zero-order chi connectivity index (χ0) is 5.86. The molecule has 0 heterocycles. The molecule has 4 nitrogen and oxygen atoms in total. The summed E-state index contributed by atoms with van der Waals surface area (Å²) in [7, 11) is 0. The molecule has 48 valence electrons. The summed E-state index contributed by atoms with van der Waals surface area (Å²) in [5, 5.41) is 7.85. The van der Waals surface area contributed by atoms with E-state index in [9.17, 15) is 4.79 Å². The quantitative estimate of drug-likeness (QED) is 0.416. The van der Waals surface area contributed by atoms with E-state index in [1.165, 1.54) is 0 Å². The van der Waals surface area contributed by atoms with Crippen LogP contribution in [0.25, 0.3) is 0 Å². The van der Waals surface area contributed by atoms with Gasteiger partial charge in [-0.2, -0.15) is 0 Å². The molecule has 0 amide bonds. The van der Waals surface area contributed by atoms with Gasteiger partial charge in [0.25, 0.3) is 0 Å². The molecule has 0 aromatic rings. The first-order valence-electron chi connectivity index (χ1n) is 1.58. The maximum atomic E-state index is 9.57. The normalized spacial score (nSPS) is 6.50. The molecule has 0 unspecified atom stereocenters. The van der Waals surface area contributed by atoms with Crippen molar-refractivity contribution >= 4 is 18.4 Å². The van der Waals surface area contributed by atoms with E-state index in [4.69, 9.17) is 16.6 Å². The third-order valence-electron chi connectivity index (χ3n) is 0.290. The minimum Gasteiger partial charge on any atom is -0.478 e. The second-order valence-corrected chi connectivity index (χ2v) is 0.983. The fraction of sp³-hybridized carbons (Fsp3) is 0. The molecule has 0 bridgehead atoms. The Labute approximate surface area is 52.6 Å². The minimum atomic E-state index is -1.12. The van der Waals surface area contributed by atoms with Gasteiger partial charge in [-0.3, -0.25) is 0 Å². The monoisotopic (exact) mass is 138 g/mol. The molecule has 0 fully saturated rings. The average molecular weight is 139 g/mol. The lowest BCUT2D eigenvalue weighted by Crippen LogP contribution is -2.10. The molecular weight excluding hydrogens is 131 g/mol. The van der Waals surface area contributed by atoms with Crippen molar-refractivity contribution in [1.82, 2.24) is 0 Å². The van der Waals surface area contributed by atoms with E-state index < -0.39 is 5.97 Å². The number of carbonyl (C=O) groups is 1. The van der Waals surface area contributed by atoms with Crippen LogP contribution in [0.1, 0.15) is 0 Å². The van der Waals surface area contributed by atoms with Gasteiger partial charge in [0.2, 0.25) is 0 Å². The summed E-state index contributed by atoms with van der Waals surface area (Å²) in [4.78, 5) is 9.57. The molecule has 5 heteroatoms. The molecule has 0 aliphatic rings. The first-order valence-corrected chi connectivity index (χ1v) is 1.58. The highest BCUT2D eigenvalue weighted by atomic mass is 35.5. The fourth-order valence-electron chi connectivity index (χ4n) is 0.143. The smallest absolute Gasteiger partial charge is 0.331 e. The predicted molar refractivity (Wildman–Crippen MR) is 31.3 cm³/mol. The maximum Gasteiger partial charge on any atom is 0.331 e. The second-order valence-electron chi connectivity index (χ2n) is 0.983. The molecule has 0 spiro atoms. The summed E-state index contributed by atoms with van der Waals surface area (Å²) in [6, 6.07) is 0. The van der Waals surface area contributed by atoms with Crippen LogP contribution in [0.5, 0.6) is 0 Å². The summed E-state index contributed by atoms with van der Waals surface area (Å²) < 4.78 is 0. The van der Waals surface area contributed by atoms with Crippen molar-refractivity contribution in [3.8, 4) is 0 Å². The Kier molecular flexibility index (Phi) is 5.41. The highest BCUT2D eigenvalue weighted by Gasteiger charge is 1.85. The van der Waals surface area contributed by atoms with Crippen LogP contribution in [0.4, 0.5) is 0 Å². The first kappa shape index (κ1) is 10.2. The topological polar surface area (TPSA) is 89.3 Å². The summed E-state index contributed by atoms with van der Waals surface area (Å²) in [5.41, 5.74) is 9.50. The lowest BCUT2D eigenvalue weighted by atomic mass is 10.6. The van der Waals surface area contributed by atoms with Crippen LogP contribution >= 0.6 is 12.4 Å². The zero-order valence-electron chi connectivity index (χ0n) is 4.00. The number of halogens is 1. The molecule has 8 heavy (non-hydrogen) atoms. The highest BCUT2D eigenvalue weighted by molar-refractivity contribution is 5.85. The van der Waals surface area contributed by atoms with Crippen LogP contribution < -0.4 is 11.5 Å². The van der Waals surface area contributed by atoms with Gasteiger partial charge >= 0.3 is 5.97 Å². The molecule has 0 aliphatic carbocycles. The number of carboxylic acid groups (broad SMARTS) is 1. The Balaban J connectivity index is 0. The summed E-state index contributed by atoms with van der Waals surface area (Å²) in [5.74, 6) is -1.31. The zero-order valence-corrected chi connectivity index (χ0v) is 4.81. The van der Waals surface area contributed by atoms with Gasteiger partial charge in [-0.25, -0.2) is 4.79 Å². The molecule has 0 radical (unpaired) electrons. The van der Waals surface area contributed by atoms with E-state index in [1.807, 2.05) is 0 Å². The van der Waals surface area contributed by atoms with E-state index in [0.29, 0.717) is 0 Å². The lowest BCUT2D eigenvalue weighted by Gasteiger charge is -1.82. The van der Waals surface area contributed by atoms with Crippen molar-refractivity contribution in [2.75, 3.05) is 0 Å². The van der Waals surface area contributed by atoms with Crippen molar-refractivity contribution in [3.05, 3.63) is 11.9 Å². The molecule has 0 aromatic carbocycles. The summed E-state index contributed by atoms with van der Waals surface area (Å²) >= 11 is 0. The van der Waals surface area contributed by atoms with Gasteiger partial charge < -0.3 is 16.6 Å². The number of rotatable bonds is 1. The molecule has 0 rings (SSSR count). The van der Waals surface area contributed by atoms with Gasteiger partial charge in [0, 0.05) is 0 Å². The highest BCUT2D eigenvalue weighted by Crippen LogP contribution is 1.67. The van der Waals surface area contributed by atoms with Gasteiger partial charge in [0.1, 0.15) is 5.82 Å². The van der Waals surface area contributed by atoms with Gasteiger partial charge in [0.15, 0.2) is 0 Å². The van der Waals surface area contributed by atoms with E-state index in [1.54, 1.807) is 0 Å². The fourth-order valence-corrected chi connectivity index (χ4v) is 0.143. The van der Waals surface area contributed by atoms with E-state index in [0.717, 1.165) is 6.08 Å². The van der Waals surface area contributed by atoms with Crippen molar-refractivity contribution in [1.29, 1.82) is 0 Å². The molecule has 0 aliphatic heterocycles. The number of nitrogens with two attached hydrogens (primary N) is 2. The van der Waals surface area contributed by atoms with E-state index in [2.05, 4.69) is 0 Å². The SMILES string of the molecule is Cl.NC(N)=CC(=O)O. The molecule has 0 saturated heterocycles. The van der Waals surface area contributed by atoms with Crippen LogP contribution in [0.3, 0.4) is 0 Å². The third kappa shape index (κ3) is 8.92. The Bertz CT molecular complexity index is 108. The maximum absolute atomic E-state index is 9.57. The van der Waals surface area contributed by atoms with Gasteiger partial charge in [-0.15, -0.1) is 12.4 Å². The molecule has 0 atom stereocenters. The third-order valence-corrected chi connectivity index (χ3v) is 0.290. The Morgan fingerprint density at radius 2 is 1.88 bits per heavy atom. The van der Waals surface area contributed by atoms with Crippen LogP contribution in [0.15, 0.2) is 11.9 Å². The van der Waals surface area contributed by atoms with Crippen LogP contribution in [-0.2, 0) is 4.79 Å². The molecular formula is C3H7ClN2O2. The van der Waals surface area contributed by atoms with Crippen LogP contribution in [0, 0.1) is 0 Å². The lowest BCUT2D eigenvalue weighted by molar-refractivity contribution is -0.131. The predicted octanol–water partition coefficient (Wildman–Crippen LogP) is -0.748. The number of aliphatic carboxylic acids is 1. The summed E-state index contributed by atoms with van der Waals surface area (Å²) in [6.07, 6.45) is 0.722. The largest absolute Gasteiger partial charge is 0.478 e. The van der Waals surface area contributed by atoms with Crippen LogP contribution in [0.2, 0.25) is 0 Å². The van der Waals surface area contributed by atoms with Crippen LogP contribution in [-0.4, -0.2) is 11.1 Å². The van der Waals surface area contributed by atoms with Gasteiger partial charge in [-0.1, -0.05) is 0 Å². The average Bonchev–Trinajstić information content (AvgIpc) is 1.27. The number of carboxylic acids is 1. The Morgan fingerprint density at radius 1 is 1.50 bits per heavy atom. The summed E-state index contributed by atoms with van der Waals surface area (Å²) in [6.45, 7) is 0. The van der Waals surface area contributed by atoms with Crippen molar-refractivity contribution < 1.29 is 9.90 Å². The molecule has 0 aromatic heterocycles. The van der Waals surface area contributed by atoms with Crippen molar-refractivity contribution in [2.24, 2.45) is 11.5 Å². The Morgan fingerprint density at radius 3 is 1.88 bits per heavy atom. The first-order chi connectivity index (χ1) is 3.13. The van der Waals surface area contributed by atoms with Crippen molar-refractivity contribution in [3.63, 3.8) is 0 Å². The van der Waals surface area contributed by atoms with E-state index in [-0.39, 0.29) is 18.2 Å². The van der Waals surface area contributed by atoms with Gasteiger partial charge in [-0.05, 0) is 0 Å². The standard InChI is InChI=1S/C3H6N2O2.ClH/c4-2(5)1-3(6)7;/h1H,4-5H2,(H,6,7);1H. The van der Waals surface area contributed by atoms with Gasteiger partial charge in [0.05, 0.1) is 6.08 Å².